The monoisotopic (exact) mass is 399 g/mol. The zero-order valence-corrected chi connectivity index (χ0v) is 16.6. The van der Waals surface area contributed by atoms with E-state index < -0.39 is 10.0 Å². The highest BCUT2D eigenvalue weighted by Gasteiger charge is 2.32. The average molecular weight is 399 g/mol. The fraction of sp³-hybridized carbons (Fsp3) is 0.368. The summed E-state index contributed by atoms with van der Waals surface area (Å²) in [7, 11) is -3.49. The topological polar surface area (TPSA) is 102 Å². The molecule has 0 unspecified atom stereocenters. The van der Waals surface area contributed by atoms with Gasteiger partial charge in [0.2, 0.25) is 10.0 Å². The summed E-state index contributed by atoms with van der Waals surface area (Å²) >= 11 is 0. The second-order valence-corrected chi connectivity index (χ2v) is 8.94. The van der Waals surface area contributed by atoms with Gasteiger partial charge in [0.05, 0.1) is 28.8 Å². The van der Waals surface area contributed by atoms with Crippen LogP contribution in [-0.2, 0) is 16.4 Å². The van der Waals surface area contributed by atoms with E-state index in [1.165, 1.54) is 10.5 Å². The summed E-state index contributed by atoms with van der Waals surface area (Å²) in [6, 6.07) is 3.21. The number of sulfonamides is 1. The maximum absolute atomic E-state index is 12.7. The van der Waals surface area contributed by atoms with Crippen LogP contribution < -0.4 is 0 Å². The fourth-order valence-corrected chi connectivity index (χ4v) is 5.06. The van der Waals surface area contributed by atoms with Gasteiger partial charge in [0.1, 0.15) is 10.7 Å². The lowest BCUT2D eigenvalue weighted by Crippen LogP contribution is -2.29. The molecule has 4 heterocycles. The lowest BCUT2D eigenvalue weighted by Gasteiger charge is -2.16. The quantitative estimate of drug-likeness (QED) is 0.649. The van der Waals surface area contributed by atoms with Crippen LogP contribution in [0.1, 0.15) is 23.6 Å². The normalized spacial score (nSPS) is 17.9. The zero-order chi connectivity index (χ0) is 19.7. The molecule has 146 valence electrons. The third-order valence-electron chi connectivity index (χ3n) is 5.01. The molecule has 0 aliphatic carbocycles. The van der Waals surface area contributed by atoms with E-state index in [4.69, 9.17) is 4.52 Å². The van der Waals surface area contributed by atoms with E-state index in [1.807, 2.05) is 13.8 Å². The number of nitrogens with zero attached hydrogens (tertiary/aromatic N) is 5. The van der Waals surface area contributed by atoms with Gasteiger partial charge in [0, 0.05) is 31.7 Å². The van der Waals surface area contributed by atoms with Gasteiger partial charge in [-0.3, -0.25) is 15.0 Å². The van der Waals surface area contributed by atoms with Crippen LogP contribution in [-0.4, -0.2) is 45.9 Å². The van der Waals surface area contributed by atoms with Gasteiger partial charge in [-0.1, -0.05) is 5.16 Å². The van der Waals surface area contributed by atoms with Crippen molar-refractivity contribution in [3.63, 3.8) is 0 Å². The molecular weight excluding hydrogens is 378 g/mol. The van der Waals surface area contributed by atoms with Crippen molar-refractivity contribution in [2.75, 3.05) is 13.1 Å². The first kappa shape index (κ1) is 18.7. The molecule has 0 bridgehead atoms. The molecule has 1 aliphatic rings. The summed E-state index contributed by atoms with van der Waals surface area (Å²) in [6.07, 6.45) is 7.92. The Balaban J connectivity index is 1.43. The van der Waals surface area contributed by atoms with Crippen molar-refractivity contribution < 1.29 is 12.9 Å². The van der Waals surface area contributed by atoms with Crippen LogP contribution in [0.5, 0.6) is 0 Å². The summed E-state index contributed by atoms with van der Waals surface area (Å²) in [5.74, 6) is 0.928. The van der Waals surface area contributed by atoms with Crippen molar-refractivity contribution in [3.05, 3.63) is 54.1 Å². The molecule has 1 atom stereocenters. The van der Waals surface area contributed by atoms with E-state index in [-0.39, 0.29) is 10.8 Å². The smallest absolute Gasteiger partial charge is 0.244 e. The second-order valence-electron chi connectivity index (χ2n) is 7.00. The van der Waals surface area contributed by atoms with Gasteiger partial charge in [0.15, 0.2) is 0 Å². The molecule has 3 aromatic heterocycles. The SMILES string of the molecule is Cc1noc(C)c1-c1cnc(C[C@H]2CCN(S(=O)(=O)c3cccnc3)C2)cn1. The van der Waals surface area contributed by atoms with Gasteiger partial charge >= 0.3 is 0 Å². The Hall–Kier alpha value is -2.65. The van der Waals surface area contributed by atoms with E-state index in [1.54, 1.807) is 30.7 Å². The first-order chi connectivity index (χ1) is 13.4. The largest absolute Gasteiger partial charge is 0.361 e. The van der Waals surface area contributed by atoms with Gasteiger partial charge < -0.3 is 4.52 Å². The molecule has 28 heavy (non-hydrogen) atoms. The fourth-order valence-electron chi connectivity index (χ4n) is 3.56. The lowest BCUT2D eigenvalue weighted by atomic mass is 10.0. The Labute approximate surface area is 163 Å². The highest BCUT2D eigenvalue weighted by atomic mass is 32.2. The van der Waals surface area contributed by atoms with Gasteiger partial charge in [-0.2, -0.15) is 4.31 Å². The Morgan fingerprint density at radius 3 is 2.71 bits per heavy atom. The zero-order valence-electron chi connectivity index (χ0n) is 15.7. The van der Waals surface area contributed by atoms with Crippen molar-refractivity contribution in [2.24, 2.45) is 5.92 Å². The van der Waals surface area contributed by atoms with E-state index in [9.17, 15) is 8.42 Å². The van der Waals surface area contributed by atoms with Crippen LogP contribution in [0, 0.1) is 19.8 Å². The third kappa shape index (κ3) is 3.55. The van der Waals surface area contributed by atoms with Gasteiger partial charge in [-0.15, -0.1) is 0 Å². The number of hydrogen-bond acceptors (Lipinski definition) is 7. The molecule has 0 amide bonds. The lowest BCUT2D eigenvalue weighted by molar-refractivity contribution is 0.393. The highest BCUT2D eigenvalue weighted by molar-refractivity contribution is 7.89. The molecule has 3 aromatic rings. The standard InChI is InChI=1S/C19H21N5O3S/c1-13-19(14(2)27-23-13)18-11-21-16(9-22-18)8-15-5-7-24(12-15)28(25,26)17-4-3-6-20-10-17/h3-4,6,9-11,15H,5,7-8,12H2,1-2H3/t15-/m1/s1. The maximum atomic E-state index is 12.7. The molecular formula is C19H21N5O3S. The van der Waals surface area contributed by atoms with E-state index in [0.29, 0.717) is 25.3 Å². The average Bonchev–Trinajstić information content (AvgIpc) is 3.30. The Bertz CT molecular complexity index is 1050. The number of aryl methyl sites for hydroxylation is 2. The van der Waals surface area contributed by atoms with Crippen LogP contribution in [0.2, 0.25) is 0 Å². The maximum Gasteiger partial charge on any atom is 0.244 e. The van der Waals surface area contributed by atoms with Gasteiger partial charge in [-0.25, -0.2) is 8.42 Å². The van der Waals surface area contributed by atoms with Crippen molar-refractivity contribution >= 4 is 10.0 Å². The number of pyridine rings is 1. The Morgan fingerprint density at radius 2 is 2.07 bits per heavy atom. The minimum atomic E-state index is -3.49. The first-order valence-corrected chi connectivity index (χ1v) is 10.5. The molecule has 0 aromatic carbocycles. The van der Waals surface area contributed by atoms with E-state index in [2.05, 4.69) is 20.1 Å². The molecule has 1 saturated heterocycles. The molecule has 9 heteroatoms. The van der Waals surface area contributed by atoms with Crippen molar-refractivity contribution in [1.82, 2.24) is 24.4 Å². The molecule has 4 rings (SSSR count). The molecule has 8 nitrogen and oxygen atoms in total. The van der Waals surface area contributed by atoms with Gasteiger partial charge in [-0.05, 0) is 44.7 Å². The van der Waals surface area contributed by atoms with Crippen LogP contribution in [0.3, 0.4) is 0 Å². The number of aromatic nitrogens is 4. The molecule has 1 fully saturated rings. The van der Waals surface area contributed by atoms with Gasteiger partial charge in [0.25, 0.3) is 0 Å². The predicted molar refractivity (Wildman–Crippen MR) is 102 cm³/mol. The van der Waals surface area contributed by atoms with Crippen LogP contribution in [0.4, 0.5) is 0 Å². The van der Waals surface area contributed by atoms with Crippen LogP contribution in [0.15, 0.2) is 46.3 Å². The molecule has 1 aliphatic heterocycles. The minimum Gasteiger partial charge on any atom is -0.361 e. The highest BCUT2D eigenvalue weighted by Crippen LogP contribution is 2.27. The molecule has 0 N–H and O–H groups in total. The van der Waals surface area contributed by atoms with Crippen molar-refractivity contribution in [3.8, 4) is 11.3 Å². The summed E-state index contributed by atoms with van der Waals surface area (Å²) in [5, 5.41) is 3.94. The number of rotatable bonds is 5. The first-order valence-electron chi connectivity index (χ1n) is 9.09. The van der Waals surface area contributed by atoms with Crippen LogP contribution >= 0.6 is 0 Å². The molecule has 0 radical (unpaired) electrons. The summed E-state index contributed by atoms with van der Waals surface area (Å²) in [4.78, 5) is 13.2. The summed E-state index contributed by atoms with van der Waals surface area (Å²) < 4.78 is 32.1. The van der Waals surface area contributed by atoms with E-state index in [0.717, 1.165) is 29.1 Å². The van der Waals surface area contributed by atoms with Crippen molar-refractivity contribution in [2.45, 2.75) is 31.6 Å². The minimum absolute atomic E-state index is 0.214. The third-order valence-corrected chi connectivity index (χ3v) is 6.86. The van der Waals surface area contributed by atoms with Crippen LogP contribution in [0.25, 0.3) is 11.3 Å². The second kappa shape index (κ2) is 7.40. The molecule has 0 saturated carbocycles. The summed E-state index contributed by atoms with van der Waals surface area (Å²) in [6.45, 7) is 4.70. The summed E-state index contributed by atoms with van der Waals surface area (Å²) in [5.41, 5.74) is 3.23. The van der Waals surface area contributed by atoms with E-state index >= 15 is 0 Å². The number of hydrogen-bond donors (Lipinski definition) is 0. The Morgan fingerprint density at radius 1 is 1.21 bits per heavy atom. The Kier molecular flexibility index (Phi) is 4.94. The predicted octanol–water partition coefficient (Wildman–Crippen LogP) is 2.40. The molecule has 0 spiro atoms. The van der Waals surface area contributed by atoms with Crippen molar-refractivity contribution in [1.29, 1.82) is 0 Å².